The molecule has 26 heavy (non-hydrogen) atoms. The van der Waals surface area contributed by atoms with Crippen molar-refractivity contribution in [3.8, 4) is 10.6 Å². The molecule has 138 valence electrons. The van der Waals surface area contributed by atoms with Gasteiger partial charge in [-0.3, -0.25) is 14.9 Å². The Labute approximate surface area is 156 Å². The Morgan fingerprint density at radius 3 is 2.65 bits per heavy atom. The maximum absolute atomic E-state index is 13.0. The third-order valence-electron chi connectivity index (χ3n) is 4.52. The van der Waals surface area contributed by atoms with Crippen LogP contribution in [0.4, 0.5) is 5.69 Å². The molecule has 8 heteroatoms. The molecule has 1 fully saturated rings. The molecule has 0 spiro atoms. The number of carbonyl (C=O) groups excluding carboxylic acids is 1. The fourth-order valence-corrected chi connectivity index (χ4v) is 3.99. The molecule has 0 atom stereocenters. The van der Waals surface area contributed by atoms with Crippen molar-refractivity contribution in [2.45, 2.75) is 32.2 Å². The molecule has 0 bridgehead atoms. The molecule has 0 aliphatic carbocycles. The minimum Gasteiger partial charge on any atom is -0.334 e. The summed E-state index contributed by atoms with van der Waals surface area (Å²) < 4.78 is 0. The minimum atomic E-state index is -0.428. The van der Waals surface area contributed by atoms with Crippen molar-refractivity contribution in [3.05, 3.63) is 45.5 Å². The summed E-state index contributed by atoms with van der Waals surface area (Å²) in [7, 11) is 0. The number of aromatic nitrogens is 1. The number of rotatable bonds is 6. The van der Waals surface area contributed by atoms with Crippen LogP contribution < -0.4 is 5.32 Å². The van der Waals surface area contributed by atoms with Crippen LogP contribution in [0.2, 0.25) is 0 Å². The summed E-state index contributed by atoms with van der Waals surface area (Å²) in [6.07, 6.45) is 2.84. The second-order valence-electron chi connectivity index (χ2n) is 6.32. The molecule has 1 saturated heterocycles. The fraction of sp³-hybridized carbons (Fsp3) is 0.444. The predicted molar refractivity (Wildman–Crippen MR) is 101 cm³/mol. The number of carbonyl (C=O) groups is 1. The molecule has 2 aromatic rings. The number of thiazole rings is 1. The lowest BCUT2D eigenvalue weighted by Crippen LogP contribution is -2.46. The van der Waals surface area contributed by atoms with Gasteiger partial charge in [-0.05, 0) is 44.5 Å². The topological polar surface area (TPSA) is 88.4 Å². The normalized spacial score (nSPS) is 15.0. The highest BCUT2D eigenvalue weighted by molar-refractivity contribution is 7.13. The van der Waals surface area contributed by atoms with E-state index in [1.54, 1.807) is 17.5 Å². The number of amides is 1. The second-order valence-corrected chi connectivity index (χ2v) is 7.18. The maximum Gasteiger partial charge on any atom is 0.273 e. The second kappa shape index (κ2) is 8.37. The van der Waals surface area contributed by atoms with Gasteiger partial charge in [0.15, 0.2) is 0 Å². The first-order valence-corrected chi connectivity index (χ1v) is 9.70. The van der Waals surface area contributed by atoms with Gasteiger partial charge in [-0.15, -0.1) is 11.3 Å². The highest BCUT2D eigenvalue weighted by Gasteiger charge is 2.27. The average molecular weight is 374 g/mol. The minimum absolute atomic E-state index is 0.0249. The molecule has 0 radical (unpaired) electrons. The van der Waals surface area contributed by atoms with Gasteiger partial charge in [0.05, 0.1) is 4.92 Å². The highest BCUT2D eigenvalue weighted by Crippen LogP contribution is 2.27. The van der Waals surface area contributed by atoms with Crippen LogP contribution in [0.15, 0.2) is 29.6 Å². The van der Waals surface area contributed by atoms with Crippen LogP contribution in [0.3, 0.4) is 0 Å². The summed E-state index contributed by atoms with van der Waals surface area (Å²) in [5.74, 6) is -0.0249. The summed E-state index contributed by atoms with van der Waals surface area (Å²) in [4.78, 5) is 29.8. The third kappa shape index (κ3) is 4.08. The van der Waals surface area contributed by atoms with Gasteiger partial charge in [0.25, 0.3) is 11.6 Å². The van der Waals surface area contributed by atoms with E-state index < -0.39 is 4.92 Å². The zero-order chi connectivity index (χ0) is 18.5. The van der Waals surface area contributed by atoms with Gasteiger partial charge in [-0.25, -0.2) is 4.98 Å². The highest BCUT2D eigenvalue weighted by atomic mass is 32.1. The van der Waals surface area contributed by atoms with Crippen LogP contribution in [0.25, 0.3) is 10.6 Å². The largest absolute Gasteiger partial charge is 0.334 e. The molecule has 1 aliphatic heterocycles. The smallest absolute Gasteiger partial charge is 0.273 e. The number of benzene rings is 1. The summed E-state index contributed by atoms with van der Waals surface area (Å²) in [5, 5.41) is 16.6. The van der Waals surface area contributed by atoms with Gasteiger partial charge >= 0.3 is 0 Å². The van der Waals surface area contributed by atoms with Crippen LogP contribution in [0.1, 0.15) is 36.7 Å². The average Bonchev–Trinajstić information content (AvgIpc) is 3.16. The third-order valence-corrected chi connectivity index (χ3v) is 5.41. The molecular weight excluding hydrogens is 352 g/mol. The number of nitro benzene ring substituents is 1. The molecule has 1 amide bonds. The molecule has 1 aromatic carbocycles. The number of nitro groups is 1. The van der Waals surface area contributed by atoms with Crippen LogP contribution in [0.5, 0.6) is 0 Å². The van der Waals surface area contributed by atoms with Gasteiger partial charge < -0.3 is 10.2 Å². The Balaban J connectivity index is 1.78. The number of hydrogen-bond donors (Lipinski definition) is 1. The summed E-state index contributed by atoms with van der Waals surface area (Å²) >= 11 is 1.39. The molecule has 2 heterocycles. The number of hydrogen-bond acceptors (Lipinski definition) is 6. The van der Waals surface area contributed by atoms with Crippen LogP contribution in [0, 0.1) is 10.1 Å². The number of piperidine rings is 1. The molecule has 1 aliphatic rings. The first-order valence-electron chi connectivity index (χ1n) is 8.82. The van der Waals surface area contributed by atoms with E-state index in [0.717, 1.165) is 44.5 Å². The maximum atomic E-state index is 13.0. The molecule has 1 N–H and O–H groups in total. The molecular formula is C18H22N4O3S. The zero-order valence-corrected chi connectivity index (χ0v) is 15.5. The zero-order valence-electron chi connectivity index (χ0n) is 14.7. The van der Waals surface area contributed by atoms with Crippen molar-refractivity contribution in [2.75, 3.05) is 19.6 Å². The van der Waals surface area contributed by atoms with Gasteiger partial charge in [0.1, 0.15) is 10.7 Å². The lowest BCUT2D eigenvalue weighted by Gasteiger charge is -2.34. The summed E-state index contributed by atoms with van der Waals surface area (Å²) in [6.45, 7) is 4.67. The van der Waals surface area contributed by atoms with E-state index in [2.05, 4.69) is 17.2 Å². The Morgan fingerprint density at radius 1 is 1.35 bits per heavy atom. The summed E-state index contributed by atoms with van der Waals surface area (Å²) in [6, 6.07) is 6.50. The Kier molecular flexibility index (Phi) is 5.95. The van der Waals surface area contributed by atoms with Crippen molar-refractivity contribution in [3.63, 3.8) is 0 Å². The lowest BCUT2D eigenvalue weighted by atomic mass is 10.0. The van der Waals surface area contributed by atoms with E-state index in [0.29, 0.717) is 10.7 Å². The van der Waals surface area contributed by atoms with E-state index in [-0.39, 0.29) is 17.6 Å². The van der Waals surface area contributed by atoms with Crippen molar-refractivity contribution >= 4 is 22.9 Å². The quantitative estimate of drug-likeness (QED) is 0.619. The van der Waals surface area contributed by atoms with E-state index in [1.165, 1.54) is 23.5 Å². The van der Waals surface area contributed by atoms with E-state index in [4.69, 9.17) is 0 Å². The lowest BCUT2D eigenvalue weighted by molar-refractivity contribution is -0.384. The van der Waals surface area contributed by atoms with Gasteiger partial charge in [0, 0.05) is 35.7 Å². The van der Waals surface area contributed by atoms with Gasteiger partial charge in [-0.2, -0.15) is 0 Å². The van der Waals surface area contributed by atoms with E-state index >= 15 is 0 Å². The molecule has 7 nitrogen and oxygen atoms in total. The van der Waals surface area contributed by atoms with Crippen LogP contribution in [-0.2, 0) is 0 Å². The number of non-ortho nitro benzene ring substituents is 1. The van der Waals surface area contributed by atoms with Crippen molar-refractivity contribution in [1.29, 1.82) is 0 Å². The Morgan fingerprint density at radius 2 is 2.04 bits per heavy atom. The van der Waals surface area contributed by atoms with Gasteiger partial charge in [-0.1, -0.05) is 6.92 Å². The van der Waals surface area contributed by atoms with Crippen molar-refractivity contribution in [1.82, 2.24) is 15.2 Å². The standard InChI is InChI=1S/C18H22N4O3S/c1-2-11-21(14-7-9-19-10-8-14)18(23)16-12-26-17(20-16)13-3-5-15(6-4-13)22(24)25/h3-6,12,14,19H,2,7-11H2,1H3. The molecule has 3 rings (SSSR count). The first kappa shape index (κ1) is 18.5. The SMILES string of the molecule is CCCN(C(=O)c1csc(-c2ccc([N+](=O)[O-])cc2)n1)C1CCNCC1. The Hall–Kier alpha value is -2.32. The molecule has 1 aromatic heterocycles. The monoisotopic (exact) mass is 374 g/mol. The number of nitrogens with one attached hydrogen (secondary N) is 1. The van der Waals surface area contributed by atoms with Crippen molar-refractivity contribution < 1.29 is 9.72 Å². The fourth-order valence-electron chi connectivity index (χ4n) is 3.19. The summed E-state index contributed by atoms with van der Waals surface area (Å²) in [5.41, 5.74) is 1.28. The Bertz CT molecular complexity index is 769. The first-order chi connectivity index (χ1) is 12.6. The van der Waals surface area contributed by atoms with E-state index in [9.17, 15) is 14.9 Å². The van der Waals surface area contributed by atoms with Crippen molar-refractivity contribution in [2.24, 2.45) is 0 Å². The molecule has 0 saturated carbocycles. The van der Waals surface area contributed by atoms with Gasteiger partial charge in [0.2, 0.25) is 0 Å². The van der Waals surface area contributed by atoms with Crippen LogP contribution >= 0.6 is 11.3 Å². The molecule has 0 unspecified atom stereocenters. The number of nitrogens with zero attached hydrogens (tertiary/aromatic N) is 3. The predicted octanol–water partition coefficient (Wildman–Crippen LogP) is 3.32. The van der Waals surface area contributed by atoms with Crippen LogP contribution in [-0.4, -0.2) is 46.4 Å². The van der Waals surface area contributed by atoms with E-state index in [1.807, 2.05) is 4.90 Å².